The molecule has 2 heteroatoms. The Balaban J connectivity index is 1.16. The van der Waals surface area contributed by atoms with Gasteiger partial charge in [-0.05, 0) is 104 Å². The molecule has 1 aliphatic carbocycles. The van der Waals surface area contributed by atoms with Gasteiger partial charge in [-0.1, -0.05) is 184 Å². The van der Waals surface area contributed by atoms with E-state index in [1.807, 2.05) is 0 Å². The van der Waals surface area contributed by atoms with Gasteiger partial charge in [-0.2, -0.15) is 0 Å². The van der Waals surface area contributed by atoms with Crippen molar-refractivity contribution in [1.29, 1.82) is 0 Å². The molecule has 0 atom stereocenters. The fraction of sp³-hybridized carbons (Fsp3) is 0.0526. The predicted molar refractivity (Wildman–Crippen MR) is 246 cm³/mol. The molecule has 11 rings (SSSR count). The molecule has 59 heavy (non-hydrogen) atoms. The molecule has 280 valence electrons. The predicted octanol–water partition coefficient (Wildman–Crippen LogP) is 15.9. The lowest BCUT2D eigenvalue weighted by molar-refractivity contribution is 0.489. The molecule has 0 saturated heterocycles. The summed E-state index contributed by atoms with van der Waals surface area (Å²) < 4.78 is 7.28. The lowest BCUT2D eigenvalue weighted by Gasteiger charge is -2.30. The Bertz CT molecular complexity index is 3050. The van der Waals surface area contributed by atoms with Crippen LogP contribution in [0.5, 0.6) is 11.5 Å². The van der Waals surface area contributed by atoms with Crippen molar-refractivity contribution in [1.82, 2.24) is 0 Å². The molecule has 0 aromatic heterocycles. The minimum Gasteiger partial charge on any atom is -0.454 e. The van der Waals surface area contributed by atoms with Gasteiger partial charge in [-0.15, -0.1) is 0 Å². The van der Waals surface area contributed by atoms with E-state index in [4.69, 9.17) is 4.74 Å². The third-order valence-corrected chi connectivity index (χ3v) is 12.3. The molecule has 0 unspecified atom stereocenters. The van der Waals surface area contributed by atoms with Gasteiger partial charge in [-0.25, -0.2) is 0 Å². The van der Waals surface area contributed by atoms with E-state index >= 15 is 0 Å². The Kier molecular flexibility index (Phi) is 8.20. The van der Waals surface area contributed by atoms with Crippen LogP contribution in [0.1, 0.15) is 25.0 Å². The number of fused-ring (bicyclic) bond motifs is 8. The second kappa shape index (κ2) is 13.9. The zero-order valence-corrected chi connectivity index (χ0v) is 33.1. The third-order valence-electron chi connectivity index (χ3n) is 12.3. The molecular weight excluding hydrogens is 715 g/mol. The summed E-state index contributed by atoms with van der Waals surface area (Å²) in [5.41, 5.74) is 19.7. The summed E-state index contributed by atoms with van der Waals surface area (Å²) in [6, 6.07) is 76.7. The van der Waals surface area contributed by atoms with E-state index in [0.29, 0.717) is 0 Å². The van der Waals surface area contributed by atoms with E-state index in [1.54, 1.807) is 0 Å². The minimum absolute atomic E-state index is 0.162. The molecule has 2 aliphatic rings. The highest BCUT2D eigenvalue weighted by molar-refractivity contribution is 6.02. The van der Waals surface area contributed by atoms with Crippen LogP contribution in [0.3, 0.4) is 0 Å². The lowest BCUT2D eigenvalue weighted by atomic mass is 9.82. The highest BCUT2D eigenvalue weighted by Crippen LogP contribution is 2.56. The monoisotopic (exact) mass is 755 g/mol. The van der Waals surface area contributed by atoms with Crippen molar-refractivity contribution in [3.05, 3.63) is 223 Å². The fourth-order valence-electron chi connectivity index (χ4n) is 9.41. The first-order chi connectivity index (χ1) is 29.0. The summed E-state index contributed by atoms with van der Waals surface area (Å²) >= 11 is 0. The van der Waals surface area contributed by atoms with Gasteiger partial charge in [0.05, 0.1) is 5.69 Å². The number of hydrogen-bond donors (Lipinski definition) is 0. The highest BCUT2D eigenvalue weighted by Gasteiger charge is 2.36. The maximum absolute atomic E-state index is 7.28. The molecule has 0 fully saturated rings. The maximum atomic E-state index is 7.28. The molecule has 0 amide bonds. The number of rotatable bonds is 6. The second-order valence-electron chi connectivity index (χ2n) is 16.1. The maximum Gasteiger partial charge on any atom is 0.159 e. The van der Waals surface area contributed by atoms with Crippen molar-refractivity contribution in [2.75, 3.05) is 4.90 Å². The number of ether oxygens (including phenoxy) is 1. The van der Waals surface area contributed by atoms with Crippen LogP contribution < -0.4 is 9.64 Å². The number of para-hydroxylation sites is 2. The Hall–Kier alpha value is -7.42. The van der Waals surface area contributed by atoms with E-state index in [0.717, 1.165) is 67.5 Å². The van der Waals surface area contributed by atoms with Crippen LogP contribution >= 0.6 is 0 Å². The van der Waals surface area contributed by atoms with Crippen LogP contribution in [0, 0.1) is 0 Å². The molecule has 1 heterocycles. The van der Waals surface area contributed by atoms with Gasteiger partial charge in [0.2, 0.25) is 0 Å². The van der Waals surface area contributed by atoms with E-state index in [1.165, 1.54) is 38.9 Å². The summed E-state index contributed by atoms with van der Waals surface area (Å²) in [6.45, 7) is 4.70. The fourth-order valence-corrected chi connectivity index (χ4v) is 9.41. The highest BCUT2D eigenvalue weighted by atomic mass is 16.5. The van der Waals surface area contributed by atoms with Gasteiger partial charge in [-0.3, -0.25) is 0 Å². The quantitative estimate of drug-likeness (QED) is 0.168. The largest absolute Gasteiger partial charge is 0.454 e. The zero-order valence-electron chi connectivity index (χ0n) is 33.1. The first-order valence-electron chi connectivity index (χ1n) is 20.4. The molecule has 0 N–H and O–H groups in total. The van der Waals surface area contributed by atoms with E-state index < -0.39 is 0 Å². The summed E-state index contributed by atoms with van der Waals surface area (Å²) in [5, 5.41) is 0. The SMILES string of the molecule is CC1(C)c2ccccc2-c2ccc(N(c3cccc(-c4ccccc4)c3)c3cccc4c3Oc3ccccc3-c3cccc(-c5cccc(-c6ccccc6)c5)c3-4)cc21. The minimum atomic E-state index is -0.162. The second-order valence-corrected chi connectivity index (χ2v) is 16.1. The molecule has 9 aromatic rings. The average Bonchev–Trinajstić information content (AvgIpc) is 3.42. The van der Waals surface area contributed by atoms with Gasteiger partial charge in [0, 0.05) is 33.5 Å². The van der Waals surface area contributed by atoms with E-state index in [9.17, 15) is 0 Å². The van der Waals surface area contributed by atoms with Crippen LogP contribution in [0.2, 0.25) is 0 Å². The van der Waals surface area contributed by atoms with Crippen molar-refractivity contribution in [3.63, 3.8) is 0 Å². The average molecular weight is 756 g/mol. The molecule has 0 spiro atoms. The van der Waals surface area contributed by atoms with Crippen LogP contribution in [-0.2, 0) is 5.41 Å². The third kappa shape index (κ3) is 5.79. The van der Waals surface area contributed by atoms with Gasteiger partial charge in [0.15, 0.2) is 5.75 Å². The van der Waals surface area contributed by atoms with E-state index in [2.05, 4.69) is 231 Å². The molecule has 2 nitrogen and oxygen atoms in total. The first kappa shape index (κ1) is 34.8. The van der Waals surface area contributed by atoms with Crippen LogP contribution in [0.4, 0.5) is 17.1 Å². The number of benzene rings is 9. The Morgan fingerprint density at radius 1 is 0.356 bits per heavy atom. The topological polar surface area (TPSA) is 12.5 Å². The Morgan fingerprint density at radius 2 is 0.898 bits per heavy atom. The van der Waals surface area contributed by atoms with Gasteiger partial charge >= 0.3 is 0 Å². The number of nitrogens with zero attached hydrogens (tertiary/aromatic N) is 1. The van der Waals surface area contributed by atoms with Crippen LogP contribution in [-0.4, -0.2) is 0 Å². The zero-order chi connectivity index (χ0) is 39.5. The summed E-state index contributed by atoms with van der Waals surface area (Å²) in [6.07, 6.45) is 0. The van der Waals surface area contributed by atoms with Crippen molar-refractivity contribution < 1.29 is 4.74 Å². The Labute approximate surface area is 346 Å². The van der Waals surface area contributed by atoms with Crippen LogP contribution in [0.15, 0.2) is 212 Å². The molecule has 9 aromatic carbocycles. The van der Waals surface area contributed by atoms with E-state index in [-0.39, 0.29) is 5.41 Å². The molecule has 0 radical (unpaired) electrons. The number of hydrogen-bond acceptors (Lipinski definition) is 2. The van der Waals surface area contributed by atoms with Crippen LogP contribution in [0.25, 0.3) is 66.8 Å². The van der Waals surface area contributed by atoms with Crippen molar-refractivity contribution in [2.24, 2.45) is 0 Å². The Morgan fingerprint density at radius 3 is 1.69 bits per heavy atom. The van der Waals surface area contributed by atoms with Gasteiger partial charge < -0.3 is 9.64 Å². The smallest absolute Gasteiger partial charge is 0.159 e. The van der Waals surface area contributed by atoms with Gasteiger partial charge in [0.25, 0.3) is 0 Å². The summed E-state index contributed by atoms with van der Waals surface area (Å²) in [4.78, 5) is 2.40. The lowest BCUT2D eigenvalue weighted by Crippen LogP contribution is -2.17. The molecule has 0 saturated carbocycles. The normalized spacial score (nSPS) is 12.8. The van der Waals surface area contributed by atoms with Crippen molar-refractivity contribution >= 4 is 17.1 Å². The summed E-state index contributed by atoms with van der Waals surface area (Å²) in [5.74, 6) is 1.65. The molecule has 0 bridgehead atoms. The standard InChI is InChI=1S/C57H41NO/c1-57(2)51-30-11-9-25-46(51)47-34-33-44(37-52(47)57)58(43-24-14-22-41(36-43)39-19-7-4-8-20-39)53-31-16-29-50-55-45(42-23-13-21-40(35-42)38-17-5-3-6-18-38)27-15-28-49(55)48-26-10-12-32-54(48)59-56(50)53/h3-37H,1-2H3. The molecular formula is C57H41NO. The first-order valence-corrected chi connectivity index (χ1v) is 20.4. The van der Waals surface area contributed by atoms with Crippen molar-refractivity contribution in [3.8, 4) is 78.3 Å². The summed E-state index contributed by atoms with van der Waals surface area (Å²) in [7, 11) is 0. The number of anilines is 3. The van der Waals surface area contributed by atoms with Crippen molar-refractivity contribution in [2.45, 2.75) is 19.3 Å². The van der Waals surface area contributed by atoms with Gasteiger partial charge in [0.1, 0.15) is 5.75 Å². The molecule has 1 aliphatic heterocycles.